The lowest BCUT2D eigenvalue weighted by atomic mass is 9.87. The topological polar surface area (TPSA) is 101 Å². The standard InChI is InChI=1S/C17H19N3O4/c1-3-17(16(23)24,12-8-6-5-7-9-12)18-15(22)13-10-11-14(21)20(4-2)19-13/h5-11H,3-4H2,1-2H3,(H,18,22)(H,23,24)/t17-/m1/s1. The van der Waals surface area contributed by atoms with Gasteiger partial charge in [-0.3, -0.25) is 9.59 Å². The van der Waals surface area contributed by atoms with Crippen molar-refractivity contribution in [3.05, 3.63) is 64.1 Å². The Labute approximate surface area is 138 Å². The van der Waals surface area contributed by atoms with Crippen molar-refractivity contribution in [2.45, 2.75) is 32.4 Å². The van der Waals surface area contributed by atoms with Crippen molar-refractivity contribution in [2.75, 3.05) is 0 Å². The fourth-order valence-electron chi connectivity index (χ4n) is 2.47. The largest absolute Gasteiger partial charge is 0.479 e. The molecule has 0 radical (unpaired) electrons. The second-order valence-corrected chi connectivity index (χ2v) is 5.26. The molecule has 1 aromatic carbocycles. The van der Waals surface area contributed by atoms with Crippen LogP contribution in [0.1, 0.15) is 36.3 Å². The molecule has 1 amide bonds. The molecular formula is C17H19N3O4. The minimum absolute atomic E-state index is 0.00791. The van der Waals surface area contributed by atoms with Gasteiger partial charge in [-0.15, -0.1) is 0 Å². The third kappa shape index (κ3) is 3.19. The van der Waals surface area contributed by atoms with Crippen molar-refractivity contribution >= 4 is 11.9 Å². The van der Waals surface area contributed by atoms with Crippen LogP contribution in [0.4, 0.5) is 0 Å². The number of hydrogen-bond acceptors (Lipinski definition) is 4. The van der Waals surface area contributed by atoms with Crippen LogP contribution in [-0.2, 0) is 16.9 Å². The van der Waals surface area contributed by atoms with Crippen LogP contribution in [0.25, 0.3) is 0 Å². The molecule has 2 aromatic rings. The van der Waals surface area contributed by atoms with E-state index in [-0.39, 0.29) is 17.7 Å². The molecule has 0 saturated heterocycles. The molecule has 1 heterocycles. The van der Waals surface area contributed by atoms with E-state index >= 15 is 0 Å². The van der Waals surface area contributed by atoms with Gasteiger partial charge in [0.2, 0.25) is 0 Å². The fourth-order valence-corrected chi connectivity index (χ4v) is 2.47. The third-order valence-electron chi connectivity index (χ3n) is 3.89. The van der Waals surface area contributed by atoms with Crippen molar-refractivity contribution in [3.63, 3.8) is 0 Å². The molecule has 0 aliphatic heterocycles. The Morgan fingerprint density at radius 1 is 1.17 bits per heavy atom. The van der Waals surface area contributed by atoms with Crippen molar-refractivity contribution < 1.29 is 14.7 Å². The number of nitrogens with one attached hydrogen (secondary N) is 1. The summed E-state index contributed by atoms with van der Waals surface area (Å²) < 4.78 is 1.14. The van der Waals surface area contributed by atoms with Crippen LogP contribution < -0.4 is 10.9 Å². The number of carboxylic acids is 1. The first-order valence-corrected chi connectivity index (χ1v) is 7.64. The second kappa shape index (κ2) is 7.08. The predicted molar refractivity (Wildman–Crippen MR) is 87.7 cm³/mol. The highest BCUT2D eigenvalue weighted by Gasteiger charge is 2.40. The maximum atomic E-state index is 12.5. The van der Waals surface area contributed by atoms with Gasteiger partial charge in [-0.1, -0.05) is 37.3 Å². The van der Waals surface area contributed by atoms with Gasteiger partial charge in [0, 0.05) is 12.6 Å². The summed E-state index contributed by atoms with van der Waals surface area (Å²) >= 11 is 0. The Kier molecular flexibility index (Phi) is 5.13. The first-order chi connectivity index (χ1) is 11.4. The number of benzene rings is 1. The molecule has 0 spiro atoms. The molecule has 7 heteroatoms. The zero-order valence-corrected chi connectivity index (χ0v) is 13.5. The molecule has 24 heavy (non-hydrogen) atoms. The number of aromatic nitrogens is 2. The monoisotopic (exact) mass is 329 g/mol. The zero-order valence-electron chi connectivity index (χ0n) is 13.5. The zero-order chi connectivity index (χ0) is 17.7. The van der Waals surface area contributed by atoms with Gasteiger partial charge in [-0.05, 0) is 25.0 Å². The van der Waals surface area contributed by atoms with Crippen LogP contribution in [0, 0.1) is 0 Å². The maximum absolute atomic E-state index is 12.5. The summed E-state index contributed by atoms with van der Waals surface area (Å²) in [5, 5.41) is 16.3. The lowest BCUT2D eigenvalue weighted by molar-refractivity contribution is -0.145. The number of carbonyl (C=O) groups excluding carboxylic acids is 1. The third-order valence-corrected chi connectivity index (χ3v) is 3.89. The minimum atomic E-state index is -1.56. The molecule has 0 unspecified atom stereocenters. The van der Waals surface area contributed by atoms with Gasteiger partial charge in [0.05, 0.1) is 0 Å². The van der Waals surface area contributed by atoms with Gasteiger partial charge in [0.15, 0.2) is 5.54 Å². The van der Waals surface area contributed by atoms with Crippen LogP contribution in [-0.4, -0.2) is 26.8 Å². The SMILES string of the molecule is CCn1nc(C(=O)N[C@@](CC)(C(=O)O)c2ccccc2)ccc1=O. The molecule has 1 atom stereocenters. The van der Waals surface area contributed by atoms with Gasteiger partial charge >= 0.3 is 5.97 Å². The van der Waals surface area contributed by atoms with E-state index in [1.807, 2.05) is 0 Å². The highest BCUT2D eigenvalue weighted by Crippen LogP contribution is 2.25. The molecule has 0 fully saturated rings. The van der Waals surface area contributed by atoms with E-state index < -0.39 is 17.4 Å². The Hall–Kier alpha value is -2.96. The van der Waals surface area contributed by atoms with Crippen molar-refractivity contribution in [3.8, 4) is 0 Å². The van der Waals surface area contributed by atoms with E-state index in [2.05, 4.69) is 10.4 Å². The van der Waals surface area contributed by atoms with E-state index in [9.17, 15) is 19.5 Å². The van der Waals surface area contributed by atoms with Gasteiger partial charge in [-0.2, -0.15) is 5.10 Å². The molecule has 2 N–H and O–H groups in total. The summed E-state index contributed by atoms with van der Waals surface area (Å²) in [5.41, 5.74) is -1.42. The predicted octanol–water partition coefficient (Wildman–Crippen LogP) is 1.38. The number of aliphatic carboxylic acids is 1. The van der Waals surface area contributed by atoms with Crippen LogP contribution in [0.15, 0.2) is 47.3 Å². The molecule has 0 bridgehead atoms. The number of rotatable bonds is 6. The molecular weight excluding hydrogens is 310 g/mol. The Balaban J connectivity index is 2.42. The molecule has 0 saturated carbocycles. The minimum Gasteiger partial charge on any atom is -0.479 e. The number of hydrogen-bond donors (Lipinski definition) is 2. The first kappa shape index (κ1) is 17.4. The van der Waals surface area contributed by atoms with Crippen LogP contribution in [0.2, 0.25) is 0 Å². The quantitative estimate of drug-likeness (QED) is 0.834. The summed E-state index contributed by atoms with van der Waals surface area (Å²) in [5.74, 6) is -1.81. The highest BCUT2D eigenvalue weighted by molar-refractivity contribution is 5.96. The summed E-state index contributed by atoms with van der Waals surface area (Å²) in [4.78, 5) is 36.0. The second-order valence-electron chi connectivity index (χ2n) is 5.26. The first-order valence-electron chi connectivity index (χ1n) is 7.64. The molecule has 0 aliphatic rings. The van der Waals surface area contributed by atoms with Gasteiger partial charge < -0.3 is 10.4 Å². The number of aryl methyl sites for hydroxylation is 1. The van der Waals surface area contributed by atoms with Gasteiger partial charge in [-0.25, -0.2) is 9.48 Å². The van der Waals surface area contributed by atoms with E-state index in [0.717, 1.165) is 4.68 Å². The summed E-state index contributed by atoms with van der Waals surface area (Å²) in [6.07, 6.45) is 0.158. The van der Waals surface area contributed by atoms with E-state index in [4.69, 9.17) is 0 Å². The summed E-state index contributed by atoms with van der Waals surface area (Å²) in [6.45, 7) is 3.73. The average molecular weight is 329 g/mol. The summed E-state index contributed by atoms with van der Waals surface area (Å²) in [6, 6.07) is 11.0. The van der Waals surface area contributed by atoms with E-state index in [0.29, 0.717) is 12.1 Å². The van der Waals surface area contributed by atoms with Gasteiger partial charge in [0.1, 0.15) is 5.69 Å². The number of carbonyl (C=O) groups is 2. The Bertz CT molecular complexity index is 801. The van der Waals surface area contributed by atoms with Crippen LogP contribution in [0.5, 0.6) is 0 Å². The Morgan fingerprint density at radius 2 is 1.83 bits per heavy atom. The van der Waals surface area contributed by atoms with Gasteiger partial charge in [0.25, 0.3) is 11.5 Å². The molecule has 0 aliphatic carbocycles. The lowest BCUT2D eigenvalue weighted by Crippen LogP contribution is -2.51. The van der Waals surface area contributed by atoms with E-state index in [1.165, 1.54) is 12.1 Å². The van der Waals surface area contributed by atoms with Crippen molar-refractivity contribution in [2.24, 2.45) is 0 Å². The lowest BCUT2D eigenvalue weighted by Gasteiger charge is -2.29. The van der Waals surface area contributed by atoms with Crippen LogP contribution in [0.3, 0.4) is 0 Å². The van der Waals surface area contributed by atoms with Crippen molar-refractivity contribution in [1.82, 2.24) is 15.1 Å². The molecule has 1 aromatic heterocycles. The van der Waals surface area contributed by atoms with E-state index in [1.54, 1.807) is 44.2 Å². The molecule has 126 valence electrons. The number of carboxylic acid groups (broad SMARTS) is 1. The average Bonchev–Trinajstić information content (AvgIpc) is 2.60. The Morgan fingerprint density at radius 3 is 2.38 bits per heavy atom. The van der Waals surface area contributed by atoms with Crippen molar-refractivity contribution in [1.29, 1.82) is 0 Å². The maximum Gasteiger partial charge on any atom is 0.334 e. The number of amides is 1. The smallest absolute Gasteiger partial charge is 0.334 e. The fraction of sp³-hybridized carbons (Fsp3) is 0.294. The highest BCUT2D eigenvalue weighted by atomic mass is 16.4. The summed E-state index contributed by atoms with van der Waals surface area (Å²) in [7, 11) is 0. The molecule has 2 rings (SSSR count). The molecule has 7 nitrogen and oxygen atoms in total. The number of nitrogens with zero attached hydrogens (tertiary/aromatic N) is 2. The van der Waals surface area contributed by atoms with Crippen LogP contribution >= 0.6 is 0 Å². The normalized spacial score (nSPS) is 13.1.